The van der Waals surface area contributed by atoms with Crippen LogP contribution in [0.4, 0.5) is 0 Å². The quantitative estimate of drug-likeness (QED) is 0.595. The van der Waals surface area contributed by atoms with Crippen molar-refractivity contribution in [2.45, 2.75) is 12.8 Å². The van der Waals surface area contributed by atoms with E-state index in [1.807, 2.05) is 24.3 Å². The second-order valence-corrected chi connectivity index (χ2v) is 3.36. The number of rotatable bonds is 5. The minimum absolute atomic E-state index is 0.328. The molecule has 1 rings (SSSR count). The van der Waals surface area contributed by atoms with Crippen LogP contribution in [0.1, 0.15) is 17.4 Å². The summed E-state index contributed by atoms with van der Waals surface area (Å²) in [4.78, 5) is 0. The average molecular weight is 211 g/mol. The Balaban J connectivity index is 2.71. The van der Waals surface area contributed by atoms with Gasteiger partial charge < -0.3 is 14.7 Å². The van der Waals surface area contributed by atoms with Crippen molar-refractivity contribution < 1.29 is 14.7 Å². The van der Waals surface area contributed by atoms with Crippen molar-refractivity contribution in [2.75, 3.05) is 21.3 Å². The van der Waals surface area contributed by atoms with Crippen molar-refractivity contribution in [3.05, 3.63) is 35.4 Å². The fraction of sp³-hybridized carbons (Fsp3) is 0.455. The molecule has 0 aromatic heterocycles. The lowest BCUT2D eigenvalue weighted by molar-refractivity contribution is -0.106. The van der Waals surface area contributed by atoms with Crippen LogP contribution in [0.2, 0.25) is 0 Å². The number of hydrogen-bond acceptors (Lipinski definition) is 4. The van der Waals surface area contributed by atoms with E-state index in [1.54, 1.807) is 21.3 Å². The molecule has 1 aromatic rings. The Morgan fingerprint density at radius 2 is 1.73 bits per heavy atom. The van der Waals surface area contributed by atoms with Crippen molar-refractivity contribution >= 4 is 0 Å². The Hall–Kier alpha value is -0.940. The Morgan fingerprint density at radius 3 is 2.13 bits per heavy atom. The summed E-state index contributed by atoms with van der Waals surface area (Å²) < 4.78 is 10.2. The molecule has 0 unspecified atom stereocenters. The van der Waals surface area contributed by atoms with Crippen LogP contribution in [0, 0.1) is 0 Å². The molecule has 0 aliphatic carbocycles. The smallest absolute Gasteiger partial charge is 0.183 e. The zero-order valence-electron chi connectivity index (χ0n) is 9.30. The summed E-state index contributed by atoms with van der Waals surface area (Å²) in [5.74, 6) is 0. The predicted molar refractivity (Wildman–Crippen MR) is 56.5 cm³/mol. The number of benzene rings is 1. The lowest BCUT2D eigenvalue weighted by Crippen LogP contribution is -2.11. The van der Waals surface area contributed by atoms with E-state index < -0.39 is 0 Å². The second kappa shape index (κ2) is 5.82. The minimum Gasteiger partial charge on any atom is -0.352 e. The van der Waals surface area contributed by atoms with E-state index in [9.17, 15) is 0 Å². The highest BCUT2D eigenvalue weighted by Crippen LogP contribution is 2.17. The third kappa shape index (κ3) is 3.60. The molecular formula is C11H17NO3. The van der Waals surface area contributed by atoms with Crippen LogP contribution in [0.3, 0.4) is 0 Å². The molecule has 0 fully saturated rings. The SMILES string of the molecule is COC(OC)c1ccc(CN(C)O)cc1. The van der Waals surface area contributed by atoms with Crippen molar-refractivity contribution in [3.8, 4) is 0 Å². The molecule has 1 N–H and O–H groups in total. The molecule has 0 radical (unpaired) electrons. The zero-order chi connectivity index (χ0) is 11.3. The van der Waals surface area contributed by atoms with E-state index in [2.05, 4.69) is 0 Å². The summed E-state index contributed by atoms with van der Waals surface area (Å²) in [6, 6.07) is 7.73. The first-order chi connectivity index (χ1) is 7.17. The summed E-state index contributed by atoms with van der Waals surface area (Å²) in [5, 5.41) is 10.2. The molecule has 1 aromatic carbocycles. The van der Waals surface area contributed by atoms with Gasteiger partial charge in [0.05, 0.1) is 0 Å². The van der Waals surface area contributed by atoms with Gasteiger partial charge in [0.2, 0.25) is 0 Å². The van der Waals surface area contributed by atoms with E-state index in [0.717, 1.165) is 16.2 Å². The summed E-state index contributed by atoms with van der Waals surface area (Å²) in [6.45, 7) is 0.505. The topological polar surface area (TPSA) is 41.9 Å². The first-order valence-corrected chi connectivity index (χ1v) is 4.71. The Bertz CT molecular complexity index is 280. The first-order valence-electron chi connectivity index (χ1n) is 4.71. The second-order valence-electron chi connectivity index (χ2n) is 3.36. The van der Waals surface area contributed by atoms with E-state index >= 15 is 0 Å². The fourth-order valence-corrected chi connectivity index (χ4v) is 1.41. The van der Waals surface area contributed by atoms with Gasteiger partial charge in [-0.25, -0.2) is 0 Å². The van der Waals surface area contributed by atoms with Gasteiger partial charge in [-0.1, -0.05) is 24.3 Å². The van der Waals surface area contributed by atoms with Gasteiger partial charge in [0, 0.05) is 33.4 Å². The van der Waals surface area contributed by atoms with Crippen LogP contribution in [0.15, 0.2) is 24.3 Å². The predicted octanol–water partition coefficient (Wildman–Crippen LogP) is 1.80. The van der Waals surface area contributed by atoms with Crippen LogP contribution in [-0.4, -0.2) is 31.5 Å². The monoisotopic (exact) mass is 211 g/mol. The van der Waals surface area contributed by atoms with Crippen molar-refractivity contribution in [1.29, 1.82) is 0 Å². The standard InChI is InChI=1S/C11H17NO3/c1-12(13)8-9-4-6-10(7-5-9)11(14-2)15-3/h4-7,11,13H,8H2,1-3H3. The maximum absolute atomic E-state index is 9.06. The van der Waals surface area contributed by atoms with E-state index in [-0.39, 0.29) is 6.29 Å². The van der Waals surface area contributed by atoms with Gasteiger partial charge in [0.15, 0.2) is 6.29 Å². The third-order valence-corrected chi connectivity index (χ3v) is 2.09. The molecule has 15 heavy (non-hydrogen) atoms. The summed E-state index contributed by atoms with van der Waals surface area (Å²) in [7, 11) is 4.81. The van der Waals surface area contributed by atoms with E-state index in [1.165, 1.54) is 0 Å². The number of methoxy groups -OCH3 is 2. The molecule has 0 saturated heterocycles. The van der Waals surface area contributed by atoms with Gasteiger partial charge in [0.25, 0.3) is 0 Å². The first kappa shape index (κ1) is 12.1. The highest BCUT2D eigenvalue weighted by Gasteiger charge is 2.08. The molecule has 0 amide bonds. The summed E-state index contributed by atoms with van der Waals surface area (Å²) in [6.07, 6.45) is -0.328. The Labute approximate surface area is 90.0 Å². The van der Waals surface area contributed by atoms with Crippen molar-refractivity contribution in [2.24, 2.45) is 0 Å². The van der Waals surface area contributed by atoms with E-state index in [0.29, 0.717) is 6.54 Å². The van der Waals surface area contributed by atoms with Crippen molar-refractivity contribution in [1.82, 2.24) is 5.06 Å². The fourth-order valence-electron chi connectivity index (χ4n) is 1.41. The molecule has 0 bridgehead atoms. The highest BCUT2D eigenvalue weighted by molar-refractivity contribution is 5.23. The van der Waals surface area contributed by atoms with E-state index in [4.69, 9.17) is 14.7 Å². The van der Waals surface area contributed by atoms with Gasteiger partial charge in [-0.2, -0.15) is 5.06 Å². The van der Waals surface area contributed by atoms with Crippen LogP contribution < -0.4 is 0 Å². The Kier molecular flexibility index (Phi) is 4.71. The number of hydrogen-bond donors (Lipinski definition) is 1. The average Bonchev–Trinajstić information content (AvgIpc) is 2.21. The van der Waals surface area contributed by atoms with Gasteiger partial charge in [-0.3, -0.25) is 0 Å². The van der Waals surface area contributed by atoms with Gasteiger partial charge >= 0.3 is 0 Å². The van der Waals surface area contributed by atoms with Gasteiger partial charge in [-0.05, 0) is 5.56 Å². The van der Waals surface area contributed by atoms with Gasteiger partial charge in [0.1, 0.15) is 0 Å². The molecule has 84 valence electrons. The largest absolute Gasteiger partial charge is 0.352 e. The molecule has 4 nitrogen and oxygen atoms in total. The molecule has 0 heterocycles. The maximum atomic E-state index is 9.06. The number of nitrogens with zero attached hydrogens (tertiary/aromatic N) is 1. The number of hydroxylamine groups is 2. The van der Waals surface area contributed by atoms with Crippen LogP contribution in [0.5, 0.6) is 0 Å². The Morgan fingerprint density at radius 1 is 1.20 bits per heavy atom. The molecule has 0 aliphatic rings. The highest BCUT2D eigenvalue weighted by atomic mass is 16.7. The summed E-state index contributed by atoms with van der Waals surface area (Å²) in [5.41, 5.74) is 2.00. The molecule has 0 aliphatic heterocycles. The molecular weight excluding hydrogens is 194 g/mol. The molecule has 0 spiro atoms. The maximum Gasteiger partial charge on any atom is 0.183 e. The van der Waals surface area contributed by atoms with Crippen LogP contribution >= 0.6 is 0 Å². The minimum atomic E-state index is -0.328. The lowest BCUT2D eigenvalue weighted by Gasteiger charge is -2.14. The van der Waals surface area contributed by atoms with Gasteiger partial charge in [-0.15, -0.1) is 0 Å². The van der Waals surface area contributed by atoms with Crippen LogP contribution in [-0.2, 0) is 16.0 Å². The number of ether oxygens (including phenoxy) is 2. The molecule has 4 heteroatoms. The molecule has 0 atom stereocenters. The van der Waals surface area contributed by atoms with Crippen molar-refractivity contribution in [3.63, 3.8) is 0 Å². The lowest BCUT2D eigenvalue weighted by atomic mass is 10.1. The zero-order valence-corrected chi connectivity index (χ0v) is 9.30. The van der Waals surface area contributed by atoms with Crippen LogP contribution in [0.25, 0.3) is 0 Å². The third-order valence-electron chi connectivity index (χ3n) is 2.09. The normalized spacial score (nSPS) is 11.3. The molecule has 0 saturated carbocycles. The summed E-state index contributed by atoms with van der Waals surface area (Å²) >= 11 is 0.